The molecule has 1 spiro atoms. The van der Waals surface area contributed by atoms with Gasteiger partial charge in [-0.2, -0.15) is 0 Å². The number of carbonyl (C=O) groups is 1. The Morgan fingerprint density at radius 2 is 2.27 bits per heavy atom. The lowest BCUT2D eigenvalue weighted by Crippen LogP contribution is -2.45. The minimum Gasteiger partial charge on any atom is -0.350 e. The molecule has 0 aromatic heterocycles. The van der Waals surface area contributed by atoms with Crippen molar-refractivity contribution in [2.45, 2.75) is 31.6 Å². The van der Waals surface area contributed by atoms with Crippen LogP contribution in [0.25, 0.3) is 0 Å². The van der Waals surface area contributed by atoms with Gasteiger partial charge in [-0.1, -0.05) is 6.58 Å². The number of ether oxygens (including phenoxy) is 1. The molecule has 0 saturated carbocycles. The van der Waals surface area contributed by atoms with E-state index in [9.17, 15) is 4.79 Å². The number of amides is 1. The van der Waals surface area contributed by atoms with E-state index in [1.807, 2.05) is 6.92 Å². The molecule has 4 heteroatoms. The number of hydrogen-bond donors (Lipinski definition) is 1. The SMILES string of the molecule is C=CC(=O)N1CC2(CCNCC2)OC1C. The lowest BCUT2D eigenvalue weighted by Gasteiger charge is -2.32. The van der Waals surface area contributed by atoms with Crippen LogP contribution in [0.15, 0.2) is 12.7 Å². The third-order valence-corrected chi connectivity index (χ3v) is 3.29. The third-order valence-electron chi connectivity index (χ3n) is 3.29. The summed E-state index contributed by atoms with van der Waals surface area (Å²) < 4.78 is 5.94. The maximum absolute atomic E-state index is 11.6. The molecule has 0 bridgehead atoms. The van der Waals surface area contributed by atoms with E-state index in [0.717, 1.165) is 25.9 Å². The van der Waals surface area contributed by atoms with Gasteiger partial charge < -0.3 is 15.0 Å². The molecule has 2 heterocycles. The fraction of sp³-hybridized carbons (Fsp3) is 0.727. The number of hydrogen-bond acceptors (Lipinski definition) is 3. The average Bonchev–Trinajstić information content (AvgIpc) is 2.55. The summed E-state index contributed by atoms with van der Waals surface area (Å²) in [6, 6.07) is 0. The van der Waals surface area contributed by atoms with Crippen molar-refractivity contribution in [3.63, 3.8) is 0 Å². The second-order valence-electron chi connectivity index (χ2n) is 4.32. The quantitative estimate of drug-likeness (QED) is 0.641. The van der Waals surface area contributed by atoms with Gasteiger partial charge in [0.2, 0.25) is 5.91 Å². The molecule has 1 amide bonds. The highest BCUT2D eigenvalue weighted by molar-refractivity contribution is 5.87. The van der Waals surface area contributed by atoms with Crippen LogP contribution in [0.3, 0.4) is 0 Å². The van der Waals surface area contributed by atoms with Crippen molar-refractivity contribution in [2.75, 3.05) is 19.6 Å². The predicted molar refractivity (Wildman–Crippen MR) is 57.3 cm³/mol. The molecule has 0 aliphatic carbocycles. The highest BCUT2D eigenvalue weighted by Crippen LogP contribution is 2.33. The summed E-state index contributed by atoms with van der Waals surface area (Å²) in [5.41, 5.74) is -0.108. The van der Waals surface area contributed by atoms with Gasteiger partial charge in [-0.15, -0.1) is 0 Å². The summed E-state index contributed by atoms with van der Waals surface area (Å²) in [4.78, 5) is 13.3. The van der Waals surface area contributed by atoms with Gasteiger partial charge in [-0.25, -0.2) is 0 Å². The van der Waals surface area contributed by atoms with Gasteiger partial charge in [0.15, 0.2) is 0 Å². The van der Waals surface area contributed by atoms with E-state index in [1.54, 1.807) is 4.90 Å². The van der Waals surface area contributed by atoms with Crippen LogP contribution in [0.1, 0.15) is 19.8 Å². The van der Waals surface area contributed by atoms with Gasteiger partial charge in [-0.3, -0.25) is 4.79 Å². The van der Waals surface area contributed by atoms with Gasteiger partial charge >= 0.3 is 0 Å². The number of carbonyl (C=O) groups excluding carboxylic acids is 1. The first kappa shape index (κ1) is 10.6. The Morgan fingerprint density at radius 3 is 2.87 bits per heavy atom. The molecule has 84 valence electrons. The molecule has 0 radical (unpaired) electrons. The second kappa shape index (κ2) is 3.94. The Hall–Kier alpha value is -0.870. The van der Waals surface area contributed by atoms with Gasteiger partial charge in [-0.05, 0) is 38.9 Å². The predicted octanol–water partition coefficient (Wildman–Crippen LogP) is 0.499. The summed E-state index contributed by atoms with van der Waals surface area (Å²) in [7, 11) is 0. The first-order valence-corrected chi connectivity index (χ1v) is 5.48. The molecule has 2 aliphatic rings. The zero-order valence-corrected chi connectivity index (χ0v) is 9.16. The standard InChI is InChI=1S/C11H18N2O2/c1-3-10(14)13-8-11(15-9(13)2)4-6-12-7-5-11/h3,9,12H,1,4-8H2,2H3. The first-order chi connectivity index (χ1) is 7.17. The molecule has 1 N–H and O–H groups in total. The average molecular weight is 210 g/mol. The van der Waals surface area contributed by atoms with Gasteiger partial charge in [0.25, 0.3) is 0 Å². The van der Waals surface area contributed by atoms with Crippen molar-refractivity contribution in [3.05, 3.63) is 12.7 Å². The molecule has 2 fully saturated rings. The molecule has 4 nitrogen and oxygen atoms in total. The topological polar surface area (TPSA) is 41.6 Å². The Bertz CT molecular complexity index is 272. The number of rotatable bonds is 1. The van der Waals surface area contributed by atoms with E-state index in [1.165, 1.54) is 6.08 Å². The fourth-order valence-electron chi connectivity index (χ4n) is 2.43. The Kier molecular flexibility index (Phi) is 2.80. The first-order valence-electron chi connectivity index (χ1n) is 5.48. The fourth-order valence-corrected chi connectivity index (χ4v) is 2.43. The minimum absolute atomic E-state index is 0.0297. The third kappa shape index (κ3) is 1.92. The maximum Gasteiger partial charge on any atom is 0.248 e. The van der Waals surface area contributed by atoms with Gasteiger partial charge in [0, 0.05) is 0 Å². The van der Waals surface area contributed by atoms with Crippen LogP contribution in [0.5, 0.6) is 0 Å². The maximum atomic E-state index is 11.6. The smallest absolute Gasteiger partial charge is 0.248 e. The summed E-state index contributed by atoms with van der Waals surface area (Å²) in [6.07, 6.45) is 3.21. The van der Waals surface area contributed by atoms with Crippen LogP contribution in [0, 0.1) is 0 Å². The lowest BCUT2D eigenvalue weighted by molar-refractivity contribution is -0.131. The minimum atomic E-state index is -0.117. The van der Waals surface area contributed by atoms with Crippen LogP contribution in [-0.4, -0.2) is 42.3 Å². The molecular formula is C11H18N2O2. The Balaban J connectivity index is 2.07. The summed E-state index contributed by atoms with van der Waals surface area (Å²) in [5, 5.41) is 3.31. The van der Waals surface area contributed by atoms with E-state index >= 15 is 0 Å². The molecule has 2 aliphatic heterocycles. The Labute approximate surface area is 90.3 Å². The van der Waals surface area contributed by atoms with Crippen LogP contribution >= 0.6 is 0 Å². The molecule has 2 saturated heterocycles. The summed E-state index contributed by atoms with van der Waals surface area (Å²) in [5.74, 6) is -0.0297. The van der Waals surface area contributed by atoms with E-state index in [2.05, 4.69) is 11.9 Å². The molecule has 0 aromatic rings. The zero-order valence-electron chi connectivity index (χ0n) is 9.16. The second-order valence-corrected chi connectivity index (χ2v) is 4.32. The van der Waals surface area contributed by atoms with Crippen molar-refractivity contribution in [1.82, 2.24) is 10.2 Å². The van der Waals surface area contributed by atoms with Crippen molar-refractivity contribution >= 4 is 5.91 Å². The van der Waals surface area contributed by atoms with Crippen LogP contribution in [0.4, 0.5) is 0 Å². The van der Waals surface area contributed by atoms with Crippen molar-refractivity contribution in [3.8, 4) is 0 Å². The number of nitrogens with one attached hydrogen (secondary N) is 1. The van der Waals surface area contributed by atoms with E-state index in [0.29, 0.717) is 6.54 Å². The van der Waals surface area contributed by atoms with Gasteiger partial charge in [0.05, 0.1) is 12.1 Å². The normalized spacial score (nSPS) is 29.4. The highest BCUT2D eigenvalue weighted by atomic mass is 16.5. The van der Waals surface area contributed by atoms with Crippen molar-refractivity contribution in [2.24, 2.45) is 0 Å². The van der Waals surface area contributed by atoms with Gasteiger partial charge in [0.1, 0.15) is 6.23 Å². The molecule has 15 heavy (non-hydrogen) atoms. The molecular weight excluding hydrogens is 192 g/mol. The highest BCUT2D eigenvalue weighted by Gasteiger charge is 2.44. The van der Waals surface area contributed by atoms with E-state index in [4.69, 9.17) is 4.74 Å². The van der Waals surface area contributed by atoms with E-state index < -0.39 is 0 Å². The van der Waals surface area contributed by atoms with Crippen LogP contribution in [-0.2, 0) is 9.53 Å². The zero-order chi connectivity index (χ0) is 10.9. The Morgan fingerprint density at radius 1 is 1.60 bits per heavy atom. The monoisotopic (exact) mass is 210 g/mol. The largest absolute Gasteiger partial charge is 0.350 e. The number of piperidine rings is 1. The molecule has 0 aromatic carbocycles. The van der Waals surface area contributed by atoms with Crippen molar-refractivity contribution < 1.29 is 9.53 Å². The molecule has 2 rings (SSSR count). The van der Waals surface area contributed by atoms with E-state index in [-0.39, 0.29) is 17.7 Å². The molecule has 1 unspecified atom stereocenters. The number of nitrogens with zero attached hydrogens (tertiary/aromatic N) is 1. The molecule has 1 atom stereocenters. The van der Waals surface area contributed by atoms with Crippen LogP contribution in [0.2, 0.25) is 0 Å². The van der Waals surface area contributed by atoms with Crippen molar-refractivity contribution in [1.29, 1.82) is 0 Å². The summed E-state index contributed by atoms with van der Waals surface area (Å²) >= 11 is 0. The van der Waals surface area contributed by atoms with Crippen LogP contribution < -0.4 is 5.32 Å². The summed E-state index contributed by atoms with van der Waals surface area (Å²) in [6.45, 7) is 8.10. The lowest BCUT2D eigenvalue weighted by atomic mass is 9.92.